The number of nitrogens with one attached hydrogen (secondary N) is 2. The number of halogens is 1. The summed E-state index contributed by atoms with van der Waals surface area (Å²) in [5, 5.41) is 6.00. The number of hydrogen-bond donors (Lipinski definition) is 2. The lowest BCUT2D eigenvalue weighted by Gasteiger charge is -2.28. The first-order valence-electron chi connectivity index (χ1n) is 8.36. The summed E-state index contributed by atoms with van der Waals surface area (Å²) in [6.07, 6.45) is 0.390. The first kappa shape index (κ1) is 18.8. The topological polar surface area (TPSA) is 79.9 Å². The number of rotatable bonds is 3. The van der Waals surface area contributed by atoms with E-state index >= 15 is 0 Å². The van der Waals surface area contributed by atoms with E-state index in [1.165, 1.54) is 14.2 Å². The zero-order chi connectivity index (χ0) is 19.4. The van der Waals surface area contributed by atoms with Crippen LogP contribution in [0, 0.1) is 0 Å². The van der Waals surface area contributed by atoms with Gasteiger partial charge < -0.3 is 25.0 Å². The lowest BCUT2D eigenvalue weighted by Crippen LogP contribution is -2.35. The molecule has 27 heavy (non-hydrogen) atoms. The van der Waals surface area contributed by atoms with Gasteiger partial charge in [0.2, 0.25) is 0 Å². The van der Waals surface area contributed by atoms with Gasteiger partial charge in [0, 0.05) is 23.8 Å². The smallest absolute Gasteiger partial charge is 0.409 e. The van der Waals surface area contributed by atoms with Crippen molar-refractivity contribution in [3.8, 4) is 5.75 Å². The van der Waals surface area contributed by atoms with Crippen molar-refractivity contribution in [3.05, 3.63) is 52.5 Å². The van der Waals surface area contributed by atoms with Crippen molar-refractivity contribution in [2.75, 3.05) is 31.4 Å². The molecule has 0 radical (unpaired) electrons. The average Bonchev–Trinajstić information content (AvgIpc) is 2.67. The monoisotopic (exact) mass is 389 g/mol. The Morgan fingerprint density at radius 3 is 2.63 bits per heavy atom. The molecule has 1 aliphatic heterocycles. The van der Waals surface area contributed by atoms with Crippen molar-refractivity contribution < 1.29 is 19.1 Å². The number of fused-ring (bicyclic) bond motifs is 1. The lowest BCUT2D eigenvalue weighted by atomic mass is 9.99. The van der Waals surface area contributed by atoms with Crippen LogP contribution >= 0.6 is 11.6 Å². The number of ether oxygens (including phenoxy) is 2. The van der Waals surface area contributed by atoms with E-state index in [4.69, 9.17) is 21.1 Å². The van der Waals surface area contributed by atoms with Gasteiger partial charge in [-0.2, -0.15) is 0 Å². The third-order valence-electron chi connectivity index (χ3n) is 4.32. The third-order valence-corrected chi connectivity index (χ3v) is 4.55. The van der Waals surface area contributed by atoms with E-state index in [-0.39, 0.29) is 6.09 Å². The molecule has 3 rings (SSSR count). The normalized spacial score (nSPS) is 12.8. The minimum absolute atomic E-state index is 0.357. The Balaban J connectivity index is 1.71. The van der Waals surface area contributed by atoms with Crippen LogP contribution in [0.2, 0.25) is 5.02 Å². The van der Waals surface area contributed by atoms with Crippen LogP contribution in [0.1, 0.15) is 11.1 Å². The largest absolute Gasteiger partial charge is 0.495 e. The molecule has 0 aromatic heterocycles. The van der Waals surface area contributed by atoms with Crippen molar-refractivity contribution in [2.45, 2.75) is 13.0 Å². The van der Waals surface area contributed by atoms with Crippen LogP contribution in [0.25, 0.3) is 0 Å². The summed E-state index contributed by atoms with van der Waals surface area (Å²) in [4.78, 5) is 25.7. The molecule has 0 aliphatic carbocycles. The summed E-state index contributed by atoms with van der Waals surface area (Å²) in [5.74, 6) is 0.508. The predicted octanol–water partition coefficient (Wildman–Crippen LogP) is 4.12. The number of amides is 3. The summed E-state index contributed by atoms with van der Waals surface area (Å²) in [6, 6.07) is 10.2. The van der Waals surface area contributed by atoms with Gasteiger partial charge in [0.05, 0.1) is 19.9 Å². The molecule has 0 spiro atoms. The van der Waals surface area contributed by atoms with E-state index in [1.54, 1.807) is 23.1 Å². The van der Waals surface area contributed by atoms with E-state index < -0.39 is 6.03 Å². The Kier molecular flexibility index (Phi) is 5.71. The van der Waals surface area contributed by atoms with Crippen LogP contribution in [0.15, 0.2) is 36.4 Å². The highest BCUT2D eigenvalue weighted by molar-refractivity contribution is 6.31. The molecule has 2 N–H and O–H groups in total. The maximum absolute atomic E-state index is 12.3. The molecule has 8 heteroatoms. The van der Waals surface area contributed by atoms with Gasteiger partial charge in [-0.3, -0.25) is 0 Å². The molecular formula is C19H20ClN3O4. The molecule has 2 aromatic carbocycles. The van der Waals surface area contributed by atoms with Crippen molar-refractivity contribution in [1.29, 1.82) is 0 Å². The number of carbonyl (C=O) groups is 2. The van der Waals surface area contributed by atoms with Crippen molar-refractivity contribution >= 4 is 35.1 Å². The van der Waals surface area contributed by atoms with Gasteiger partial charge in [0.1, 0.15) is 5.75 Å². The summed E-state index contributed by atoms with van der Waals surface area (Å²) in [7, 11) is 2.88. The maximum atomic E-state index is 12.3. The first-order chi connectivity index (χ1) is 13.0. The number of methoxy groups -OCH3 is 2. The summed E-state index contributed by atoms with van der Waals surface area (Å²) >= 11 is 5.98. The van der Waals surface area contributed by atoms with Gasteiger partial charge in [0.15, 0.2) is 0 Å². The van der Waals surface area contributed by atoms with Crippen molar-refractivity contribution in [2.24, 2.45) is 0 Å². The van der Waals surface area contributed by atoms with Gasteiger partial charge >= 0.3 is 12.1 Å². The zero-order valence-electron chi connectivity index (χ0n) is 15.0. The Hall–Kier alpha value is -2.93. The van der Waals surface area contributed by atoms with Crippen LogP contribution in [0.3, 0.4) is 0 Å². The average molecular weight is 390 g/mol. The quantitative estimate of drug-likeness (QED) is 0.827. The Morgan fingerprint density at radius 2 is 1.89 bits per heavy atom. The first-order valence-corrected chi connectivity index (χ1v) is 8.74. The van der Waals surface area contributed by atoms with Crippen LogP contribution in [0.4, 0.5) is 21.0 Å². The molecule has 2 aromatic rings. The molecule has 0 bridgehead atoms. The maximum Gasteiger partial charge on any atom is 0.409 e. The SMILES string of the molecule is COC(=O)N1CCc2ccc(NC(=O)Nc3cc(Cl)ccc3OC)cc2C1. The Morgan fingerprint density at radius 1 is 1.07 bits per heavy atom. The van der Waals surface area contributed by atoms with E-state index in [0.29, 0.717) is 35.2 Å². The van der Waals surface area contributed by atoms with Gasteiger partial charge in [-0.25, -0.2) is 9.59 Å². The highest BCUT2D eigenvalue weighted by Gasteiger charge is 2.21. The molecule has 7 nitrogen and oxygen atoms in total. The second kappa shape index (κ2) is 8.18. The molecule has 0 unspecified atom stereocenters. The van der Waals surface area contributed by atoms with E-state index in [2.05, 4.69) is 10.6 Å². The number of benzene rings is 2. The summed E-state index contributed by atoms with van der Waals surface area (Å²) < 4.78 is 10.0. The summed E-state index contributed by atoms with van der Waals surface area (Å²) in [6.45, 7) is 1.06. The number of nitrogens with zero attached hydrogens (tertiary/aromatic N) is 1. The molecule has 3 amide bonds. The van der Waals surface area contributed by atoms with Gasteiger partial charge in [0.25, 0.3) is 0 Å². The lowest BCUT2D eigenvalue weighted by molar-refractivity contribution is 0.118. The molecule has 1 heterocycles. The number of urea groups is 1. The van der Waals surface area contributed by atoms with Crippen LogP contribution < -0.4 is 15.4 Å². The minimum Gasteiger partial charge on any atom is -0.495 e. The second-order valence-corrected chi connectivity index (χ2v) is 6.49. The highest BCUT2D eigenvalue weighted by atomic mass is 35.5. The minimum atomic E-state index is -0.420. The molecule has 1 aliphatic rings. The molecular weight excluding hydrogens is 370 g/mol. The number of carbonyl (C=O) groups excluding carboxylic acids is 2. The van der Waals surface area contributed by atoms with Crippen LogP contribution in [-0.4, -0.2) is 37.8 Å². The number of hydrogen-bond acceptors (Lipinski definition) is 4. The highest BCUT2D eigenvalue weighted by Crippen LogP contribution is 2.28. The fourth-order valence-corrected chi connectivity index (χ4v) is 3.15. The van der Waals surface area contributed by atoms with Crippen molar-refractivity contribution in [1.82, 2.24) is 4.90 Å². The Bertz CT molecular complexity index is 872. The molecule has 142 valence electrons. The molecule has 0 saturated carbocycles. The molecule has 0 fully saturated rings. The van der Waals surface area contributed by atoms with Gasteiger partial charge in [-0.1, -0.05) is 17.7 Å². The van der Waals surface area contributed by atoms with E-state index in [1.807, 2.05) is 18.2 Å². The van der Waals surface area contributed by atoms with Crippen LogP contribution in [0.5, 0.6) is 5.75 Å². The fourth-order valence-electron chi connectivity index (χ4n) is 2.98. The van der Waals surface area contributed by atoms with E-state index in [0.717, 1.165) is 17.5 Å². The van der Waals surface area contributed by atoms with Crippen molar-refractivity contribution in [3.63, 3.8) is 0 Å². The second-order valence-electron chi connectivity index (χ2n) is 6.05. The fraction of sp³-hybridized carbons (Fsp3) is 0.263. The van der Waals surface area contributed by atoms with Crippen LogP contribution in [-0.2, 0) is 17.7 Å². The summed E-state index contributed by atoms with van der Waals surface area (Å²) in [5.41, 5.74) is 3.22. The molecule has 0 saturated heterocycles. The van der Waals surface area contributed by atoms with Gasteiger partial charge in [-0.15, -0.1) is 0 Å². The standard InChI is InChI=1S/C19H20ClN3O4/c1-26-17-6-4-14(20)10-16(17)22-18(24)21-15-5-3-12-7-8-23(19(25)27-2)11-13(12)9-15/h3-6,9-10H,7-8,11H2,1-2H3,(H2,21,22,24). The Labute approximate surface area is 162 Å². The molecule has 0 atom stereocenters. The third kappa shape index (κ3) is 4.43. The number of anilines is 2. The zero-order valence-corrected chi connectivity index (χ0v) is 15.8. The van der Waals surface area contributed by atoms with Gasteiger partial charge in [-0.05, 0) is 47.9 Å². The predicted molar refractivity (Wildman–Crippen MR) is 104 cm³/mol. The van der Waals surface area contributed by atoms with E-state index in [9.17, 15) is 9.59 Å².